The Balaban J connectivity index is 2.50. The van der Waals surface area contributed by atoms with E-state index < -0.39 is 24.9 Å². The number of hydrogen-bond acceptors (Lipinski definition) is 4. The fraction of sp³-hybridized carbons (Fsp3) is 0.0833. The van der Waals surface area contributed by atoms with Gasteiger partial charge in [-0.2, -0.15) is 0 Å². The maximum Gasteiger partial charge on any atom is 0.239 e. The molecule has 0 aliphatic heterocycles. The van der Waals surface area contributed by atoms with Crippen LogP contribution in [0.25, 0.3) is 33.0 Å². The molecular weight excluding hydrogens is 515 g/mol. The van der Waals surface area contributed by atoms with Crippen LogP contribution in [0, 0.1) is 13.8 Å². The van der Waals surface area contributed by atoms with Gasteiger partial charge in [-0.05, 0) is 42.5 Å². The third-order valence-corrected chi connectivity index (χ3v) is 8.24. The van der Waals surface area contributed by atoms with Crippen molar-refractivity contribution in [3.63, 3.8) is 0 Å². The van der Waals surface area contributed by atoms with Crippen molar-refractivity contribution in [2.75, 3.05) is 0 Å². The molecule has 0 saturated heterocycles. The van der Waals surface area contributed by atoms with Crippen LogP contribution in [0.4, 0.5) is 0 Å². The van der Waals surface area contributed by atoms with Crippen LogP contribution in [-0.4, -0.2) is 16.8 Å². The van der Waals surface area contributed by atoms with Crippen molar-refractivity contribution < 1.29 is 16.8 Å². The van der Waals surface area contributed by atoms with Crippen molar-refractivity contribution in [3.8, 4) is 22.3 Å². The van der Waals surface area contributed by atoms with Crippen LogP contribution in [0.2, 0.25) is 10.0 Å². The summed E-state index contributed by atoms with van der Waals surface area (Å²) in [5.74, 6) is 0. The summed E-state index contributed by atoms with van der Waals surface area (Å²) in [6, 6.07) is 16.5. The number of rotatable bonds is 4. The number of nitrogens with two attached hydrogens (primary N) is 2. The van der Waals surface area contributed by atoms with Crippen molar-refractivity contribution in [1.29, 1.82) is 0 Å². The molecule has 0 spiro atoms. The predicted octanol–water partition coefficient (Wildman–Crippen LogP) is 5.39. The van der Waals surface area contributed by atoms with Crippen LogP contribution in [0.15, 0.2) is 70.5 Å². The monoisotopic (exact) mass is 534 g/mol. The number of hydrogen-bond donors (Lipinski definition) is 2. The first-order chi connectivity index (χ1) is 15.8. The molecule has 0 saturated carbocycles. The van der Waals surface area contributed by atoms with Gasteiger partial charge in [-0.15, -0.1) is 0 Å². The fourth-order valence-corrected chi connectivity index (χ4v) is 6.99. The Labute approximate surface area is 208 Å². The largest absolute Gasteiger partial charge is 0.239 e. The van der Waals surface area contributed by atoms with Crippen molar-refractivity contribution in [3.05, 3.63) is 81.8 Å². The van der Waals surface area contributed by atoms with Crippen LogP contribution >= 0.6 is 23.2 Å². The lowest BCUT2D eigenvalue weighted by Crippen LogP contribution is -2.21. The zero-order valence-corrected chi connectivity index (χ0v) is 21.3. The molecule has 4 N–H and O–H groups in total. The van der Waals surface area contributed by atoms with E-state index in [1.807, 2.05) is 0 Å². The molecule has 4 aromatic carbocycles. The lowest BCUT2D eigenvalue weighted by atomic mass is 9.89. The molecule has 0 unspecified atom stereocenters. The van der Waals surface area contributed by atoms with Gasteiger partial charge in [-0.3, -0.25) is 0 Å². The van der Waals surface area contributed by atoms with Gasteiger partial charge < -0.3 is 0 Å². The molecule has 0 aliphatic rings. The first-order valence-electron chi connectivity index (χ1n) is 9.99. The van der Waals surface area contributed by atoms with E-state index in [1.54, 1.807) is 74.5 Å². The summed E-state index contributed by atoms with van der Waals surface area (Å²) >= 11 is 13.1. The van der Waals surface area contributed by atoms with E-state index in [9.17, 15) is 16.8 Å². The van der Waals surface area contributed by atoms with Crippen molar-refractivity contribution in [2.24, 2.45) is 10.3 Å². The van der Waals surface area contributed by atoms with Gasteiger partial charge in [-0.1, -0.05) is 71.7 Å². The second kappa shape index (κ2) is 8.64. The Morgan fingerprint density at radius 2 is 1.00 bits per heavy atom. The van der Waals surface area contributed by atoms with E-state index in [0.717, 1.165) is 0 Å². The molecule has 6 nitrogen and oxygen atoms in total. The summed E-state index contributed by atoms with van der Waals surface area (Å²) in [7, 11) is -8.99. The maximum absolute atomic E-state index is 13.2. The molecule has 0 fully saturated rings. The van der Waals surface area contributed by atoms with Gasteiger partial charge in [0.15, 0.2) is 0 Å². The zero-order chi connectivity index (χ0) is 25.0. The predicted molar refractivity (Wildman–Crippen MR) is 137 cm³/mol. The number of fused-ring (bicyclic) bond motifs is 1. The van der Waals surface area contributed by atoms with Crippen molar-refractivity contribution in [2.45, 2.75) is 23.6 Å². The highest BCUT2D eigenvalue weighted by atomic mass is 35.5. The van der Waals surface area contributed by atoms with E-state index in [1.165, 1.54) is 0 Å². The number of benzene rings is 4. The molecule has 0 atom stereocenters. The minimum Gasteiger partial charge on any atom is -0.225 e. The van der Waals surface area contributed by atoms with Gasteiger partial charge in [0.05, 0.1) is 9.79 Å². The maximum atomic E-state index is 13.2. The molecule has 34 heavy (non-hydrogen) atoms. The molecule has 0 amide bonds. The normalized spacial score (nSPS) is 12.3. The molecule has 0 radical (unpaired) electrons. The van der Waals surface area contributed by atoms with Crippen molar-refractivity contribution >= 4 is 54.0 Å². The van der Waals surface area contributed by atoms with Crippen LogP contribution in [0.1, 0.15) is 11.1 Å². The second-order valence-corrected chi connectivity index (χ2v) is 11.7. The molecule has 0 aliphatic carbocycles. The van der Waals surface area contributed by atoms with Gasteiger partial charge in [0, 0.05) is 37.7 Å². The summed E-state index contributed by atoms with van der Waals surface area (Å²) in [5.41, 5.74) is 1.83. The standard InChI is InChI=1S/C24H20Cl2N2O4S2/c1-13-7-5-11-17(25)19(13)21-15-9-3-4-10-16(15)23(33(27,29)30)22(24(21)34(28,31)32)20-14(2)8-6-12-18(20)26/h3-12H,1-2H3,(H2,27,29,30)(H2,28,31,32). The molecule has 4 aromatic rings. The number of aryl methyl sites for hydroxylation is 2. The van der Waals surface area contributed by atoms with Gasteiger partial charge in [0.2, 0.25) is 20.0 Å². The van der Waals surface area contributed by atoms with E-state index >= 15 is 0 Å². The summed E-state index contributed by atoms with van der Waals surface area (Å²) in [4.78, 5) is -0.792. The van der Waals surface area contributed by atoms with E-state index in [2.05, 4.69) is 0 Å². The van der Waals surface area contributed by atoms with Gasteiger partial charge in [0.1, 0.15) is 0 Å². The number of primary sulfonamides is 2. The first-order valence-corrected chi connectivity index (χ1v) is 13.8. The average molecular weight is 535 g/mol. The molecule has 4 rings (SSSR count). The molecule has 0 bridgehead atoms. The molecule has 176 valence electrons. The topological polar surface area (TPSA) is 120 Å². The number of sulfonamides is 2. The highest BCUT2D eigenvalue weighted by Gasteiger charge is 2.34. The van der Waals surface area contributed by atoms with E-state index in [-0.39, 0.29) is 37.0 Å². The van der Waals surface area contributed by atoms with E-state index in [4.69, 9.17) is 33.5 Å². The Bertz CT molecular complexity index is 1660. The van der Waals surface area contributed by atoms with E-state index in [0.29, 0.717) is 22.1 Å². The lowest BCUT2D eigenvalue weighted by molar-refractivity contribution is 0.597. The summed E-state index contributed by atoms with van der Waals surface area (Å²) in [6.07, 6.45) is 0. The first kappa shape index (κ1) is 24.7. The molecule has 10 heteroatoms. The fourth-order valence-electron chi connectivity index (χ4n) is 4.34. The molecular formula is C24H20Cl2N2O4S2. The van der Waals surface area contributed by atoms with Crippen LogP contribution in [-0.2, 0) is 20.0 Å². The second-order valence-electron chi connectivity index (χ2n) is 7.91. The Morgan fingerprint density at radius 1 is 0.559 bits per heavy atom. The van der Waals surface area contributed by atoms with Crippen LogP contribution < -0.4 is 10.3 Å². The third kappa shape index (κ3) is 4.11. The van der Waals surface area contributed by atoms with Crippen LogP contribution in [0.5, 0.6) is 0 Å². The van der Waals surface area contributed by atoms with Gasteiger partial charge in [0.25, 0.3) is 0 Å². The molecule has 0 heterocycles. The minimum atomic E-state index is -4.54. The summed E-state index contributed by atoms with van der Waals surface area (Å²) < 4.78 is 52.5. The smallest absolute Gasteiger partial charge is 0.225 e. The van der Waals surface area contributed by atoms with Crippen LogP contribution in [0.3, 0.4) is 0 Å². The van der Waals surface area contributed by atoms with Crippen molar-refractivity contribution in [1.82, 2.24) is 0 Å². The van der Waals surface area contributed by atoms with Gasteiger partial charge in [-0.25, -0.2) is 27.1 Å². The lowest BCUT2D eigenvalue weighted by Gasteiger charge is -2.23. The third-order valence-electron chi connectivity index (χ3n) is 5.64. The average Bonchev–Trinajstić information content (AvgIpc) is 2.71. The Kier molecular flexibility index (Phi) is 6.27. The minimum absolute atomic E-state index is 0.145. The Morgan fingerprint density at radius 3 is 1.44 bits per heavy atom. The molecule has 0 aromatic heterocycles. The van der Waals surface area contributed by atoms with Gasteiger partial charge >= 0.3 is 0 Å². The zero-order valence-electron chi connectivity index (χ0n) is 18.1. The Hall–Kier alpha value is -2.46. The highest BCUT2D eigenvalue weighted by molar-refractivity contribution is 7.90. The summed E-state index contributed by atoms with van der Waals surface area (Å²) in [6.45, 7) is 3.47. The summed E-state index contributed by atoms with van der Waals surface area (Å²) in [5, 5.41) is 12.4. The number of halogens is 2. The highest BCUT2D eigenvalue weighted by Crippen LogP contribution is 2.49. The quantitative estimate of drug-likeness (QED) is 0.364. The SMILES string of the molecule is Cc1cccc(Cl)c1-c1c(S(N)(=O)=O)c(-c2c(C)cccc2Cl)c2ccccc2c1S(N)(=O)=O.